The van der Waals surface area contributed by atoms with Gasteiger partial charge in [-0.3, -0.25) is 10.1 Å². The number of aromatic nitrogens is 1. The number of nitrogens with one attached hydrogen (secondary N) is 1. The zero-order valence-electron chi connectivity index (χ0n) is 14.0. The number of esters is 1. The number of ether oxygens (including phenoxy) is 2. The first-order chi connectivity index (χ1) is 12.5. The number of thiophene rings is 1. The van der Waals surface area contributed by atoms with Gasteiger partial charge in [-0.05, 0) is 43.7 Å². The van der Waals surface area contributed by atoms with Gasteiger partial charge in [0, 0.05) is 5.02 Å². The van der Waals surface area contributed by atoms with Crippen LogP contribution in [0.1, 0.15) is 22.2 Å². The predicted octanol–water partition coefficient (Wildman–Crippen LogP) is 4.51. The monoisotopic (exact) mass is 410 g/mol. The van der Waals surface area contributed by atoms with E-state index in [2.05, 4.69) is 10.3 Å². The van der Waals surface area contributed by atoms with Gasteiger partial charge in [0.05, 0.1) is 11.3 Å². The molecule has 0 aliphatic heterocycles. The Bertz CT molecular complexity index is 950. The topological polar surface area (TPSA) is 77.5 Å². The summed E-state index contributed by atoms with van der Waals surface area (Å²) >= 11 is 8.38. The maximum Gasteiger partial charge on any atom is 0.348 e. The van der Waals surface area contributed by atoms with Gasteiger partial charge < -0.3 is 9.47 Å². The van der Waals surface area contributed by atoms with Crippen LogP contribution in [-0.2, 0) is 9.53 Å². The Morgan fingerprint density at radius 2 is 1.96 bits per heavy atom. The molecule has 0 saturated carbocycles. The second-order valence-corrected chi connectivity index (χ2v) is 7.66. The van der Waals surface area contributed by atoms with Gasteiger partial charge in [0.25, 0.3) is 5.91 Å². The minimum atomic E-state index is -0.345. The normalized spacial score (nSPS) is 10.7. The van der Waals surface area contributed by atoms with Gasteiger partial charge in [-0.25, -0.2) is 9.78 Å². The van der Waals surface area contributed by atoms with Gasteiger partial charge in [-0.1, -0.05) is 22.9 Å². The van der Waals surface area contributed by atoms with Crippen molar-refractivity contribution in [2.45, 2.75) is 13.8 Å². The molecule has 26 heavy (non-hydrogen) atoms. The molecule has 136 valence electrons. The highest BCUT2D eigenvalue weighted by atomic mass is 35.5. The lowest BCUT2D eigenvalue weighted by atomic mass is 10.3. The molecule has 0 saturated heterocycles. The molecule has 0 spiro atoms. The maximum absolute atomic E-state index is 12.0. The number of hydrogen-bond acceptors (Lipinski definition) is 7. The number of carbonyl (C=O) groups is 2. The van der Waals surface area contributed by atoms with Crippen LogP contribution in [0.2, 0.25) is 5.02 Å². The highest BCUT2D eigenvalue weighted by Crippen LogP contribution is 2.37. The van der Waals surface area contributed by atoms with Crippen molar-refractivity contribution in [1.29, 1.82) is 0 Å². The smallest absolute Gasteiger partial charge is 0.348 e. The van der Waals surface area contributed by atoms with E-state index in [1.807, 2.05) is 6.92 Å². The summed E-state index contributed by atoms with van der Waals surface area (Å²) in [5.74, 6) is -0.105. The fourth-order valence-electron chi connectivity index (χ4n) is 2.17. The molecule has 1 aromatic carbocycles. The van der Waals surface area contributed by atoms with Crippen molar-refractivity contribution in [2.75, 3.05) is 18.5 Å². The lowest BCUT2D eigenvalue weighted by molar-refractivity contribution is -0.118. The standard InChI is InChI=1S/C17H15ClN2O4S2/c1-3-23-16(22)14-9(2)13-15(25-14)20-17(26-13)19-12(21)8-24-11-6-4-10(18)5-7-11/h4-7H,3,8H2,1-2H3,(H,19,20,21). The van der Waals surface area contributed by atoms with E-state index in [0.29, 0.717) is 32.2 Å². The molecule has 3 rings (SSSR count). The number of nitrogens with zero attached hydrogens (tertiary/aromatic N) is 1. The SMILES string of the molecule is CCOC(=O)c1sc2nc(NC(=O)COc3ccc(Cl)cc3)sc2c1C. The van der Waals surface area contributed by atoms with E-state index in [4.69, 9.17) is 21.1 Å². The Morgan fingerprint density at radius 1 is 1.23 bits per heavy atom. The third-order valence-electron chi connectivity index (χ3n) is 3.37. The Kier molecular flexibility index (Phi) is 5.75. The summed E-state index contributed by atoms with van der Waals surface area (Å²) in [4.78, 5) is 29.5. The van der Waals surface area contributed by atoms with Crippen molar-refractivity contribution in [3.63, 3.8) is 0 Å². The van der Waals surface area contributed by atoms with Crippen LogP contribution in [0.5, 0.6) is 5.75 Å². The molecule has 0 bridgehead atoms. The zero-order valence-corrected chi connectivity index (χ0v) is 16.4. The number of amides is 1. The van der Waals surface area contributed by atoms with Crippen LogP contribution in [0.4, 0.5) is 5.13 Å². The lowest BCUT2D eigenvalue weighted by Gasteiger charge is -2.05. The Morgan fingerprint density at radius 3 is 2.62 bits per heavy atom. The number of rotatable bonds is 6. The molecule has 6 nitrogen and oxygen atoms in total. The number of fused-ring (bicyclic) bond motifs is 1. The van der Waals surface area contributed by atoms with Crippen molar-refractivity contribution in [1.82, 2.24) is 4.98 Å². The molecule has 1 amide bonds. The van der Waals surface area contributed by atoms with E-state index in [-0.39, 0.29) is 18.5 Å². The quantitative estimate of drug-likeness (QED) is 0.605. The molecule has 0 radical (unpaired) electrons. The van der Waals surface area contributed by atoms with Gasteiger partial charge in [-0.2, -0.15) is 0 Å². The first kappa shape index (κ1) is 18.6. The minimum Gasteiger partial charge on any atom is -0.484 e. The molecule has 1 N–H and O–H groups in total. The van der Waals surface area contributed by atoms with Gasteiger partial charge in [0.2, 0.25) is 0 Å². The first-order valence-electron chi connectivity index (χ1n) is 7.73. The van der Waals surface area contributed by atoms with Gasteiger partial charge in [-0.15, -0.1) is 11.3 Å². The lowest BCUT2D eigenvalue weighted by Crippen LogP contribution is -2.19. The highest BCUT2D eigenvalue weighted by Gasteiger charge is 2.20. The number of thiazole rings is 1. The summed E-state index contributed by atoms with van der Waals surface area (Å²) in [7, 11) is 0. The van der Waals surface area contributed by atoms with Gasteiger partial charge >= 0.3 is 5.97 Å². The molecule has 9 heteroatoms. The van der Waals surface area contributed by atoms with E-state index in [1.54, 1.807) is 31.2 Å². The molecule has 0 aliphatic rings. The average Bonchev–Trinajstić information content (AvgIpc) is 3.13. The fraction of sp³-hybridized carbons (Fsp3) is 0.235. The second kappa shape index (κ2) is 8.03. The molecule has 3 aromatic rings. The number of carbonyl (C=O) groups excluding carboxylic acids is 2. The molecular formula is C17H15ClN2O4S2. The molecule has 0 atom stereocenters. The van der Waals surface area contributed by atoms with Gasteiger partial charge in [0.15, 0.2) is 11.7 Å². The van der Waals surface area contributed by atoms with Crippen LogP contribution in [0.25, 0.3) is 9.53 Å². The molecule has 0 unspecified atom stereocenters. The summed E-state index contributed by atoms with van der Waals surface area (Å²) < 4.78 is 11.3. The zero-order chi connectivity index (χ0) is 18.7. The van der Waals surface area contributed by atoms with Crippen LogP contribution < -0.4 is 10.1 Å². The van der Waals surface area contributed by atoms with E-state index >= 15 is 0 Å². The van der Waals surface area contributed by atoms with E-state index in [1.165, 1.54) is 22.7 Å². The summed E-state index contributed by atoms with van der Waals surface area (Å²) in [6, 6.07) is 6.76. The molecule has 0 fully saturated rings. The van der Waals surface area contributed by atoms with Crippen LogP contribution in [0.3, 0.4) is 0 Å². The Balaban J connectivity index is 1.64. The largest absolute Gasteiger partial charge is 0.484 e. The summed E-state index contributed by atoms with van der Waals surface area (Å²) in [6.07, 6.45) is 0. The third kappa shape index (κ3) is 4.14. The Hall–Kier alpha value is -2.16. The van der Waals surface area contributed by atoms with Gasteiger partial charge in [0.1, 0.15) is 15.5 Å². The number of anilines is 1. The summed E-state index contributed by atoms with van der Waals surface area (Å²) in [5.41, 5.74) is 0.818. The number of benzene rings is 1. The van der Waals surface area contributed by atoms with Crippen molar-refractivity contribution >= 4 is 60.8 Å². The van der Waals surface area contributed by atoms with Crippen molar-refractivity contribution in [3.8, 4) is 5.75 Å². The molecule has 0 aliphatic carbocycles. The minimum absolute atomic E-state index is 0.137. The highest BCUT2D eigenvalue weighted by molar-refractivity contribution is 7.30. The second-order valence-electron chi connectivity index (χ2n) is 5.22. The third-order valence-corrected chi connectivity index (χ3v) is 6.00. The van der Waals surface area contributed by atoms with E-state index in [0.717, 1.165) is 10.3 Å². The number of aryl methyl sites for hydroxylation is 1. The summed E-state index contributed by atoms with van der Waals surface area (Å²) in [5, 5.41) is 3.77. The summed E-state index contributed by atoms with van der Waals surface area (Å²) in [6.45, 7) is 3.80. The predicted molar refractivity (Wildman–Crippen MR) is 104 cm³/mol. The average molecular weight is 411 g/mol. The van der Waals surface area contributed by atoms with Crippen molar-refractivity contribution < 1.29 is 19.1 Å². The molecule has 2 heterocycles. The van der Waals surface area contributed by atoms with Crippen LogP contribution in [-0.4, -0.2) is 30.1 Å². The van der Waals surface area contributed by atoms with E-state index < -0.39 is 0 Å². The fourth-order valence-corrected chi connectivity index (χ4v) is 4.52. The van der Waals surface area contributed by atoms with Crippen molar-refractivity contribution in [3.05, 3.63) is 39.7 Å². The molecular weight excluding hydrogens is 396 g/mol. The van der Waals surface area contributed by atoms with Crippen LogP contribution in [0.15, 0.2) is 24.3 Å². The first-order valence-corrected chi connectivity index (χ1v) is 9.74. The number of hydrogen-bond donors (Lipinski definition) is 1. The van der Waals surface area contributed by atoms with Crippen molar-refractivity contribution in [2.24, 2.45) is 0 Å². The Labute approximate surface area is 162 Å². The van der Waals surface area contributed by atoms with Crippen LogP contribution in [0, 0.1) is 6.92 Å². The van der Waals surface area contributed by atoms with E-state index in [9.17, 15) is 9.59 Å². The molecule has 2 aromatic heterocycles. The maximum atomic E-state index is 12.0. The number of halogens is 1. The van der Waals surface area contributed by atoms with Crippen LogP contribution >= 0.6 is 34.3 Å².